The summed E-state index contributed by atoms with van der Waals surface area (Å²) in [6.45, 7) is 0. The molecule has 0 fully saturated rings. The lowest BCUT2D eigenvalue weighted by atomic mass is 10.1. The minimum atomic E-state index is -1.88. The van der Waals surface area contributed by atoms with Crippen LogP contribution < -0.4 is 10.2 Å². The van der Waals surface area contributed by atoms with Crippen molar-refractivity contribution in [1.29, 1.82) is 0 Å². The fourth-order valence-corrected chi connectivity index (χ4v) is 0.684. The van der Waals surface area contributed by atoms with Gasteiger partial charge in [0.2, 0.25) is 0 Å². The molecule has 0 aliphatic rings. The van der Waals surface area contributed by atoms with Crippen molar-refractivity contribution in [1.82, 2.24) is 0 Å². The van der Waals surface area contributed by atoms with Crippen LogP contribution in [0.5, 0.6) is 0 Å². The maximum Gasteiger partial charge on any atom is 0.180 e. The molecule has 1 unspecified atom stereocenters. The van der Waals surface area contributed by atoms with E-state index in [4.69, 9.17) is 5.11 Å². The predicted molar refractivity (Wildman–Crippen MR) is 34.9 cm³/mol. The number of hydrogen-bond acceptors (Lipinski definition) is 6. The van der Waals surface area contributed by atoms with Gasteiger partial charge in [0.15, 0.2) is 5.78 Å². The molecule has 1 atom stereocenters. The van der Waals surface area contributed by atoms with Crippen molar-refractivity contribution >= 4 is 17.7 Å². The molecule has 0 heterocycles. The standard InChI is InChI=1S/C7H10O6/c8-4(1-2-6(10)11)3-5(9)7(12)13/h4,8H,1-3H2,(H,10,11)(H,12,13)/p-2. The summed E-state index contributed by atoms with van der Waals surface area (Å²) in [5, 5.41) is 28.7. The molecule has 0 aromatic carbocycles. The van der Waals surface area contributed by atoms with E-state index in [-0.39, 0.29) is 6.42 Å². The topological polar surface area (TPSA) is 118 Å². The van der Waals surface area contributed by atoms with Crippen LogP contribution in [0.15, 0.2) is 0 Å². The second kappa shape index (κ2) is 5.26. The molecule has 0 bridgehead atoms. The highest BCUT2D eigenvalue weighted by Crippen LogP contribution is 2.01. The van der Waals surface area contributed by atoms with Gasteiger partial charge in [0.05, 0.1) is 6.10 Å². The van der Waals surface area contributed by atoms with Crippen LogP contribution in [0.25, 0.3) is 0 Å². The summed E-state index contributed by atoms with van der Waals surface area (Å²) in [5.41, 5.74) is 0. The highest BCUT2D eigenvalue weighted by atomic mass is 16.4. The van der Waals surface area contributed by atoms with E-state index in [0.717, 1.165) is 0 Å². The monoisotopic (exact) mass is 188 g/mol. The first kappa shape index (κ1) is 11.6. The van der Waals surface area contributed by atoms with Gasteiger partial charge in [-0.05, 0) is 12.8 Å². The fraction of sp³-hybridized carbons (Fsp3) is 0.571. The molecule has 0 saturated carbocycles. The molecule has 0 aliphatic heterocycles. The van der Waals surface area contributed by atoms with Gasteiger partial charge >= 0.3 is 0 Å². The summed E-state index contributed by atoms with van der Waals surface area (Å²) in [4.78, 5) is 30.2. The number of carboxylic acid groups (broad SMARTS) is 2. The summed E-state index contributed by atoms with van der Waals surface area (Å²) >= 11 is 0. The molecule has 0 radical (unpaired) electrons. The van der Waals surface area contributed by atoms with Crippen LogP contribution in [-0.2, 0) is 14.4 Å². The molecule has 74 valence electrons. The van der Waals surface area contributed by atoms with Crippen molar-refractivity contribution < 1.29 is 29.7 Å². The van der Waals surface area contributed by atoms with Crippen molar-refractivity contribution in [2.75, 3.05) is 0 Å². The minimum Gasteiger partial charge on any atom is -0.550 e. The minimum absolute atomic E-state index is 0.207. The van der Waals surface area contributed by atoms with Crippen molar-refractivity contribution in [2.45, 2.75) is 25.4 Å². The maximum atomic E-state index is 10.4. The number of aliphatic hydroxyl groups is 1. The molecule has 1 N–H and O–H groups in total. The Balaban J connectivity index is 3.74. The third-order valence-corrected chi connectivity index (χ3v) is 1.33. The highest BCUT2D eigenvalue weighted by molar-refractivity contribution is 6.31. The number of Topliss-reactive ketones (excluding diaryl/α,β-unsaturated/α-hetero) is 1. The van der Waals surface area contributed by atoms with Crippen LogP contribution >= 0.6 is 0 Å². The van der Waals surface area contributed by atoms with E-state index in [2.05, 4.69) is 0 Å². The summed E-state index contributed by atoms with van der Waals surface area (Å²) in [7, 11) is 0. The Labute approximate surface area is 73.8 Å². The zero-order valence-corrected chi connectivity index (χ0v) is 6.69. The summed E-state index contributed by atoms with van der Waals surface area (Å²) in [5.74, 6) is -4.49. The number of rotatable bonds is 6. The highest BCUT2D eigenvalue weighted by Gasteiger charge is 2.11. The van der Waals surface area contributed by atoms with E-state index in [1.54, 1.807) is 0 Å². The molecule has 0 aromatic rings. The zero-order valence-electron chi connectivity index (χ0n) is 6.69. The largest absolute Gasteiger partial charge is 0.550 e. The van der Waals surface area contributed by atoms with Gasteiger partial charge < -0.3 is 24.9 Å². The SMILES string of the molecule is O=C([O-])CCC(O)CC(=O)C(=O)[O-]. The fourth-order valence-electron chi connectivity index (χ4n) is 0.684. The van der Waals surface area contributed by atoms with E-state index in [1.807, 2.05) is 0 Å². The Morgan fingerprint density at radius 1 is 1.23 bits per heavy atom. The van der Waals surface area contributed by atoms with Gasteiger partial charge in [-0.15, -0.1) is 0 Å². The van der Waals surface area contributed by atoms with Crippen LogP contribution in [0.4, 0.5) is 0 Å². The summed E-state index contributed by atoms with van der Waals surface area (Å²) < 4.78 is 0. The third kappa shape index (κ3) is 5.80. The molecular formula is C7H8O6-2. The first-order chi connectivity index (χ1) is 5.93. The Morgan fingerprint density at radius 2 is 1.77 bits per heavy atom. The van der Waals surface area contributed by atoms with Crippen LogP contribution in [0.1, 0.15) is 19.3 Å². The summed E-state index contributed by atoms with van der Waals surface area (Å²) in [6.07, 6.45) is -2.53. The lowest BCUT2D eigenvalue weighted by Gasteiger charge is -2.09. The first-order valence-corrected chi connectivity index (χ1v) is 3.55. The number of hydrogen-bond donors (Lipinski definition) is 1. The molecule has 0 spiro atoms. The number of carbonyl (C=O) groups excluding carboxylic acids is 3. The predicted octanol–water partition coefficient (Wildman–Crippen LogP) is -3.41. The van der Waals surface area contributed by atoms with E-state index in [0.29, 0.717) is 0 Å². The molecule has 6 heteroatoms. The van der Waals surface area contributed by atoms with Crippen LogP contribution in [0.3, 0.4) is 0 Å². The van der Waals surface area contributed by atoms with Gasteiger partial charge in [-0.2, -0.15) is 0 Å². The van der Waals surface area contributed by atoms with Crippen LogP contribution in [0, 0.1) is 0 Å². The molecule has 0 saturated heterocycles. The van der Waals surface area contributed by atoms with E-state index in [9.17, 15) is 24.6 Å². The Hall–Kier alpha value is -1.43. The van der Waals surface area contributed by atoms with Gasteiger partial charge in [-0.3, -0.25) is 4.79 Å². The molecule has 0 amide bonds. The Bertz CT molecular complexity index is 221. The van der Waals surface area contributed by atoms with Crippen LogP contribution in [0.2, 0.25) is 0 Å². The third-order valence-electron chi connectivity index (χ3n) is 1.33. The van der Waals surface area contributed by atoms with Crippen molar-refractivity contribution in [3.05, 3.63) is 0 Å². The number of carbonyl (C=O) groups is 3. The number of aliphatic hydroxyl groups excluding tert-OH is 1. The normalized spacial score (nSPS) is 12.1. The van der Waals surface area contributed by atoms with Gasteiger partial charge in [0.1, 0.15) is 5.97 Å². The first-order valence-electron chi connectivity index (χ1n) is 3.55. The lowest BCUT2D eigenvalue weighted by molar-refractivity contribution is -0.306. The molecular weight excluding hydrogens is 180 g/mol. The van der Waals surface area contributed by atoms with Gasteiger partial charge in [-0.1, -0.05) is 0 Å². The molecule has 6 nitrogen and oxygen atoms in total. The smallest absolute Gasteiger partial charge is 0.180 e. The number of carboxylic acids is 2. The van der Waals surface area contributed by atoms with Gasteiger partial charge in [0, 0.05) is 12.4 Å². The Morgan fingerprint density at radius 3 is 2.15 bits per heavy atom. The van der Waals surface area contributed by atoms with Gasteiger partial charge in [0.25, 0.3) is 0 Å². The van der Waals surface area contributed by atoms with E-state index >= 15 is 0 Å². The second-order valence-electron chi connectivity index (χ2n) is 2.48. The lowest BCUT2D eigenvalue weighted by Crippen LogP contribution is -2.34. The molecule has 0 aliphatic carbocycles. The second-order valence-corrected chi connectivity index (χ2v) is 2.48. The van der Waals surface area contributed by atoms with Crippen molar-refractivity contribution in [3.8, 4) is 0 Å². The maximum absolute atomic E-state index is 10.4. The molecule has 0 aromatic heterocycles. The van der Waals surface area contributed by atoms with Crippen molar-refractivity contribution in [3.63, 3.8) is 0 Å². The zero-order chi connectivity index (χ0) is 10.4. The van der Waals surface area contributed by atoms with E-state index in [1.165, 1.54) is 0 Å². The van der Waals surface area contributed by atoms with E-state index < -0.39 is 36.7 Å². The van der Waals surface area contributed by atoms with Crippen LogP contribution in [-0.4, -0.2) is 28.9 Å². The average Bonchev–Trinajstić information content (AvgIpc) is 2.00. The summed E-state index contributed by atoms with van der Waals surface area (Å²) in [6, 6.07) is 0. The Kier molecular flexibility index (Phi) is 4.68. The number of aliphatic carboxylic acids is 2. The molecule has 0 rings (SSSR count). The van der Waals surface area contributed by atoms with Crippen molar-refractivity contribution in [2.24, 2.45) is 0 Å². The quantitative estimate of drug-likeness (QED) is 0.434. The number of ketones is 1. The van der Waals surface area contributed by atoms with Gasteiger partial charge in [-0.25, -0.2) is 0 Å². The average molecular weight is 188 g/mol. The molecule has 13 heavy (non-hydrogen) atoms.